The fourth-order valence-corrected chi connectivity index (χ4v) is 6.54. The van der Waals surface area contributed by atoms with Crippen LogP contribution in [-0.4, -0.2) is 4.57 Å². The largest absolute Gasteiger partial charge is 0.259 e. The van der Waals surface area contributed by atoms with Gasteiger partial charge in [0.2, 0.25) is 0 Å². The molecule has 2 nitrogen and oxygen atoms in total. The van der Waals surface area contributed by atoms with Gasteiger partial charge in [0.15, 0.2) is 0 Å². The van der Waals surface area contributed by atoms with Crippen LogP contribution in [0.3, 0.4) is 0 Å². The Balaban J connectivity index is 2.10. The highest BCUT2D eigenvalue weighted by molar-refractivity contribution is 4.90. The van der Waals surface area contributed by atoms with Gasteiger partial charge < -0.3 is 0 Å². The second kappa shape index (κ2) is 27.1. The van der Waals surface area contributed by atoms with Crippen LogP contribution in [0.25, 0.3) is 0 Å². The lowest BCUT2D eigenvalue weighted by molar-refractivity contribution is -0.727. The van der Waals surface area contributed by atoms with Gasteiger partial charge in [-0.3, -0.25) is 0 Å². The molecule has 0 bridgehead atoms. The molecule has 0 aromatic carbocycles. The Morgan fingerprint density at radius 1 is 0.500 bits per heavy atom. The van der Waals surface area contributed by atoms with Crippen LogP contribution in [0, 0.1) is 0 Å². The zero-order valence-corrected chi connectivity index (χ0v) is 28.5. The van der Waals surface area contributed by atoms with E-state index in [0.717, 1.165) is 0 Å². The van der Waals surface area contributed by atoms with Gasteiger partial charge >= 0.3 is 0 Å². The van der Waals surface area contributed by atoms with E-state index in [1.54, 1.807) is 5.82 Å². The van der Waals surface area contributed by atoms with E-state index in [0.29, 0.717) is 12.0 Å². The van der Waals surface area contributed by atoms with Gasteiger partial charge in [0.05, 0.1) is 18.5 Å². The second-order valence-electron chi connectivity index (χ2n) is 13.5. The number of rotatable bonds is 30. The highest BCUT2D eigenvalue weighted by Crippen LogP contribution is 2.19. The van der Waals surface area contributed by atoms with Gasteiger partial charge in [0.1, 0.15) is 12.4 Å². The molecule has 0 N–H and O–H groups in total. The standard InChI is InChI=1S/C38H75N2/c1-6-8-10-12-14-16-18-19-20-21-23-25-27-29-31-33-39-34-35-40(38(39)36(3)4)37(5)32-30-28-26-24-22-17-15-13-11-9-7-2/h34-37H,6-33H2,1-5H3/q+1. The number of nitrogens with zero attached hydrogens (tertiary/aromatic N) is 2. The zero-order valence-electron chi connectivity index (χ0n) is 28.5. The first-order chi connectivity index (χ1) is 19.6. The van der Waals surface area contributed by atoms with Crippen molar-refractivity contribution in [2.75, 3.05) is 0 Å². The average molecular weight is 560 g/mol. The highest BCUT2D eigenvalue weighted by Gasteiger charge is 2.23. The fourth-order valence-electron chi connectivity index (χ4n) is 6.54. The molecule has 236 valence electrons. The summed E-state index contributed by atoms with van der Waals surface area (Å²) < 4.78 is 5.18. The van der Waals surface area contributed by atoms with E-state index in [1.165, 1.54) is 180 Å². The molecule has 0 spiro atoms. The number of hydrogen-bond donors (Lipinski definition) is 0. The van der Waals surface area contributed by atoms with Crippen LogP contribution in [0.15, 0.2) is 12.4 Å². The first-order valence-corrected chi connectivity index (χ1v) is 18.7. The van der Waals surface area contributed by atoms with E-state index in [1.807, 2.05) is 0 Å². The third-order valence-electron chi connectivity index (χ3n) is 9.19. The predicted molar refractivity (Wildman–Crippen MR) is 179 cm³/mol. The summed E-state index contributed by atoms with van der Waals surface area (Å²) in [6, 6.07) is 0.623. The number of hydrogen-bond acceptors (Lipinski definition) is 0. The highest BCUT2D eigenvalue weighted by atomic mass is 15.2. The van der Waals surface area contributed by atoms with Gasteiger partial charge in [-0.2, -0.15) is 0 Å². The van der Waals surface area contributed by atoms with E-state index < -0.39 is 0 Å². The lowest BCUT2D eigenvalue weighted by Gasteiger charge is -2.14. The van der Waals surface area contributed by atoms with Gasteiger partial charge in [-0.05, 0) is 32.6 Å². The topological polar surface area (TPSA) is 8.81 Å². The summed E-state index contributed by atoms with van der Waals surface area (Å²) in [5, 5.41) is 0. The molecule has 0 saturated heterocycles. The minimum absolute atomic E-state index is 0.589. The average Bonchev–Trinajstić information content (AvgIpc) is 3.38. The van der Waals surface area contributed by atoms with E-state index in [2.05, 4.69) is 56.1 Å². The Bertz CT molecular complexity index is 646. The summed E-state index contributed by atoms with van der Waals surface area (Å²) in [6.45, 7) is 13.0. The summed E-state index contributed by atoms with van der Waals surface area (Å²) in [6.07, 6.45) is 43.4. The summed E-state index contributed by atoms with van der Waals surface area (Å²) in [7, 11) is 0. The molecule has 0 aliphatic rings. The number of aromatic nitrogens is 2. The predicted octanol–water partition coefficient (Wildman–Crippen LogP) is 13.0. The number of unbranched alkanes of at least 4 members (excludes halogenated alkanes) is 24. The molecular weight excluding hydrogens is 484 g/mol. The molecule has 40 heavy (non-hydrogen) atoms. The maximum atomic E-state index is 2.60. The van der Waals surface area contributed by atoms with Crippen molar-refractivity contribution in [3.63, 3.8) is 0 Å². The summed E-state index contributed by atoms with van der Waals surface area (Å²) in [5.74, 6) is 2.13. The van der Waals surface area contributed by atoms with Crippen molar-refractivity contribution in [3.8, 4) is 0 Å². The third kappa shape index (κ3) is 19.4. The van der Waals surface area contributed by atoms with Crippen molar-refractivity contribution in [2.24, 2.45) is 0 Å². The Morgan fingerprint density at radius 3 is 1.23 bits per heavy atom. The third-order valence-corrected chi connectivity index (χ3v) is 9.19. The van der Waals surface area contributed by atoms with Crippen molar-refractivity contribution in [1.29, 1.82) is 0 Å². The normalized spacial score (nSPS) is 12.6. The smallest absolute Gasteiger partial charge is 0.234 e. The monoisotopic (exact) mass is 560 g/mol. The summed E-state index contributed by atoms with van der Waals surface area (Å²) >= 11 is 0. The Kier molecular flexibility index (Phi) is 25.2. The molecule has 0 radical (unpaired) electrons. The molecule has 2 heteroatoms. The van der Waals surface area contributed by atoms with Gasteiger partial charge in [-0.15, -0.1) is 0 Å². The van der Waals surface area contributed by atoms with Crippen molar-refractivity contribution < 1.29 is 4.57 Å². The molecule has 0 aliphatic carbocycles. The van der Waals surface area contributed by atoms with Crippen molar-refractivity contribution >= 4 is 0 Å². The Labute approximate surface area is 253 Å². The van der Waals surface area contributed by atoms with E-state index in [-0.39, 0.29) is 0 Å². The maximum absolute atomic E-state index is 2.60. The summed E-state index contributed by atoms with van der Waals surface area (Å²) in [5.41, 5.74) is 0. The maximum Gasteiger partial charge on any atom is 0.259 e. The quantitative estimate of drug-likeness (QED) is 0.0654. The minimum Gasteiger partial charge on any atom is -0.234 e. The number of imidazole rings is 1. The van der Waals surface area contributed by atoms with Crippen LogP contribution in [-0.2, 0) is 6.54 Å². The second-order valence-corrected chi connectivity index (χ2v) is 13.5. The van der Waals surface area contributed by atoms with Crippen LogP contribution in [0.1, 0.15) is 226 Å². The molecule has 1 heterocycles. The van der Waals surface area contributed by atoms with Crippen molar-refractivity contribution in [3.05, 3.63) is 18.2 Å². The van der Waals surface area contributed by atoms with Crippen LogP contribution in [0.2, 0.25) is 0 Å². The molecule has 0 aliphatic heterocycles. The van der Waals surface area contributed by atoms with E-state index >= 15 is 0 Å². The molecule has 0 fully saturated rings. The van der Waals surface area contributed by atoms with Crippen LogP contribution in [0.5, 0.6) is 0 Å². The lowest BCUT2D eigenvalue weighted by atomic mass is 10.0. The lowest BCUT2D eigenvalue weighted by Crippen LogP contribution is -2.41. The Morgan fingerprint density at radius 2 is 0.850 bits per heavy atom. The molecule has 1 aromatic rings. The van der Waals surface area contributed by atoms with Crippen LogP contribution < -0.4 is 4.57 Å². The van der Waals surface area contributed by atoms with Crippen LogP contribution in [0.4, 0.5) is 0 Å². The summed E-state index contributed by atoms with van der Waals surface area (Å²) in [4.78, 5) is 0. The van der Waals surface area contributed by atoms with E-state index in [4.69, 9.17) is 0 Å². The number of aryl methyl sites for hydroxylation is 1. The van der Waals surface area contributed by atoms with Crippen molar-refractivity contribution in [1.82, 2.24) is 4.57 Å². The van der Waals surface area contributed by atoms with Gasteiger partial charge in [-0.25, -0.2) is 9.13 Å². The van der Waals surface area contributed by atoms with E-state index in [9.17, 15) is 0 Å². The first kappa shape index (κ1) is 37.2. The molecular formula is C38H75N2+. The first-order valence-electron chi connectivity index (χ1n) is 18.7. The molecule has 0 amide bonds. The Hall–Kier alpha value is -0.790. The van der Waals surface area contributed by atoms with Gasteiger partial charge in [0, 0.05) is 0 Å². The minimum atomic E-state index is 0.589. The van der Waals surface area contributed by atoms with Gasteiger partial charge in [-0.1, -0.05) is 175 Å². The molecule has 0 saturated carbocycles. The SMILES string of the molecule is CCCCCCCCCCCCCCCCCn1cc[n+](C(C)CCCCCCCCCCCCC)c1C(C)C. The fraction of sp³-hybridized carbons (Fsp3) is 0.921. The van der Waals surface area contributed by atoms with Gasteiger partial charge in [0.25, 0.3) is 5.82 Å². The molecule has 1 rings (SSSR count). The molecule has 1 atom stereocenters. The van der Waals surface area contributed by atoms with Crippen LogP contribution >= 0.6 is 0 Å². The van der Waals surface area contributed by atoms with Crippen molar-refractivity contribution in [2.45, 2.75) is 226 Å². The molecule has 1 unspecified atom stereocenters. The molecule has 1 aromatic heterocycles. The zero-order chi connectivity index (χ0) is 29.1.